The van der Waals surface area contributed by atoms with Crippen LogP contribution in [0.15, 0.2) is 59.5 Å². The van der Waals surface area contributed by atoms with Crippen LogP contribution in [0.1, 0.15) is 39.4 Å². The summed E-state index contributed by atoms with van der Waals surface area (Å²) in [5.74, 6) is -8.31. The summed E-state index contributed by atoms with van der Waals surface area (Å²) >= 11 is 0. The minimum absolute atomic E-state index is 0.0123. The molecule has 14 nitrogen and oxygen atoms in total. The zero-order chi connectivity index (χ0) is 39.2. The number of pyridine rings is 1. The molecule has 1 atom stereocenters. The van der Waals surface area contributed by atoms with Crippen molar-refractivity contribution in [1.82, 2.24) is 24.3 Å². The summed E-state index contributed by atoms with van der Waals surface area (Å²) in [6, 6.07) is 4.22. The Morgan fingerprint density at radius 1 is 1.04 bits per heavy atom. The number of nitrogens with zero attached hydrogens (tertiary/aromatic N) is 4. The molecule has 2 heterocycles. The number of imidazole rings is 1. The SMILES string of the molecule is COC(=O)NC(CC/C=C/C(=O)N(C)C)C(=O)Nc1cccn(Cc2nc3c(Oc4ccc(F)cc4F)c(F)c(F)cc3n2C(=O)OC(C)(C)C)c1=O. The summed E-state index contributed by atoms with van der Waals surface area (Å²) in [6.45, 7) is 4.11. The molecule has 2 N–H and O–H groups in total. The molecule has 18 heteroatoms. The van der Waals surface area contributed by atoms with Crippen LogP contribution in [0, 0.1) is 23.3 Å². The number of likely N-dealkylation sites (N-methyl/N-ethyl adjacent to an activating group) is 1. The fourth-order valence-corrected chi connectivity index (χ4v) is 4.75. The lowest BCUT2D eigenvalue weighted by Crippen LogP contribution is -2.44. The molecule has 2 aromatic heterocycles. The van der Waals surface area contributed by atoms with Crippen LogP contribution in [0.25, 0.3) is 11.0 Å². The second-order valence-corrected chi connectivity index (χ2v) is 12.6. The molecule has 0 aliphatic heterocycles. The fraction of sp³-hybridized carbons (Fsp3) is 0.314. The summed E-state index contributed by atoms with van der Waals surface area (Å²) in [4.78, 5) is 69.8. The summed E-state index contributed by atoms with van der Waals surface area (Å²) < 4.78 is 75.5. The maximum absolute atomic E-state index is 15.2. The number of amides is 3. The van der Waals surface area contributed by atoms with Crippen molar-refractivity contribution in [2.75, 3.05) is 26.5 Å². The minimum atomic E-state index is -1.60. The first-order valence-corrected chi connectivity index (χ1v) is 15.9. The van der Waals surface area contributed by atoms with E-state index in [9.17, 15) is 32.8 Å². The number of hydrogen-bond donors (Lipinski definition) is 2. The second kappa shape index (κ2) is 16.4. The first-order chi connectivity index (χ1) is 24.9. The largest absolute Gasteiger partial charge is 0.453 e. The summed E-state index contributed by atoms with van der Waals surface area (Å²) in [7, 11) is 4.22. The molecule has 53 heavy (non-hydrogen) atoms. The number of carbonyl (C=O) groups is 4. The van der Waals surface area contributed by atoms with E-state index in [1.54, 1.807) is 34.9 Å². The number of hydrogen-bond acceptors (Lipinski definition) is 9. The van der Waals surface area contributed by atoms with Crippen LogP contribution in [0.2, 0.25) is 0 Å². The van der Waals surface area contributed by atoms with E-state index in [1.165, 1.54) is 35.4 Å². The number of rotatable bonds is 11. The van der Waals surface area contributed by atoms with Crippen molar-refractivity contribution >= 4 is 40.7 Å². The van der Waals surface area contributed by atoms with Gasteiger partial charge in [-0.25, -0.2) is 32.3 Å². The molecule has 2 aromatic carbocycles. The van der Waals surface area contributed by atoms with Crippen molar-refractivity contribution in [3.05, 3.63) is 94.2 Å². The van der Waals surface area contributed by atoms with Crippen molar-refractivity contribution in [3.63, 3.8) is 0 Å². The van der Waals surface area contributed by atoms with Gasteiger partial charge in [-0.2, -0.15) is 4.39 Å². The quantitative estimate of drug-likeness (QED) is 0.150. The third-order valence-electron chi connectivity index (χ3n) is 7.26. The Hall–Kier alpha value is -6.20. The molecule has 3 amide bonds. The highest BCUT2D eigenvalue weighted by molar-refractivity contribution is 5.96. The Balaban J connectivity index is 1.73. The first-order valence-electron chi connectivity index (χ1n) is 15.9. The lowest BCUT2D eigenvalue weighted by Gasteiger charge is -2.20. The van der Waals surface area contributed by atoms with Crippen LogP contribution in [0.4, 0.5) is 32.8 Å². The Kier molecular flexibility index (Phi) is 12.3. The van der Waals surface area contributed by atoms with Crippen LogP contribution in [0.5, 0.6) is 11.5 Å². The van der Waals surface area contributed by atoms with Gasteiger partial charge >= 0.3 is 12.2 Å². The van der Waals surface area contributed by atoms with Gasteiger partial charge in [-0.3, -0.25) is 14.4 Å². The zero-order valence-corrected chi connectivity index (χ0v) is 29.5. The predicted octanol–water partition coefficient (Wildman–Crippen LogP) is 5.47. The third-order valence-corrected chi connectivity index (χ3v) is 7.26. The summed E-state index contributed by atoms with van der Waals surface area (Å²) in [5, 5.41) is 4.82. The average molecular weight is 745 g/mol. The van der Waals surface area contributed by atoms with Crippen LogP contribution < -0.4 is 20.9 Å². The molecular weight excluding hydrogens is 708 g/mol. The summed E-state index contributed by atoms with van der Waals surface area (Å²) in [6.07, 6.45) is 2.25. The second-order valence-electron chi connectivity index (χ2n) is 12.6. The Morgan fingerprint density at radius 2 is 1.75 bits per heavy atom. The monoisotopic (exact) mass is 744 g/mol. The molecule has 0 spiro atoms. The highest BCUT2D eigenvalue weighted by Crippen LogP contribution is 2.36. The number of benzene rings is 2. The van der Waals surface area contributed by atoms with Gasteiger partial charge in [-0.15, -0.1) is 0 Å². The van der Waals surface area contributed by atoms with Gasteiger partial charge in [-0.05, 0) is 64.0 Å². The number of fused-ring (bicyclic) bond motifs is 1. The number of carbonyl (C=O) groups excluding carboxylic acids is 4. The topological polar surface area (TPSA) is 163 Å². The van der Waals surface area contributed by atoms with Crippen LogP contribution in [-0.4, -0.2) is 75.9 Å². The van der Waals surface area contributed by atoms with E-state index in [1.807, 2.05) is 0 Å². The van der Waals surface area contributed by atoms with E-state index in [0.717, 1.165) is 28.4 Å². The van der Waals surface area contributed by atoms with Gasteiger partial charge in [0.25, 0.3) is 5.56 Å². The van der Waals surface area contributed by atoms with E-state index in [2.05, 4.69) is 20.4 Å². The zero-order valence-electron chi connectivity index (χ0n) is 29.5. The van der Waals surface area contributed by atoms with Gasteiger partial charge in [0.15, 0.2) is 23.1 Å². The Labute approximate surface area is 299 Å². The van der Waals surface area contributed by atoms with Gasteiger partial charge in [0.1, 0.15) is 34.5 Å². The highest BCUT2D eigenvalue weighted by atomic mass is 19.2. The molecule has 0 saturated heterocycles. The van der Waals surface area contributed by atoms with E-state index in [0.29, 0.717) is 12.1 Å². The van der Waals surface area contributed by atoms with Crippen LogP contribution >= 0.6 is 0 Å². The number of aromatic nitrogens is 3. The minimum Gasteiger partial charge on any atom is -0.453 e. The molecule has 0 bridgehead atoms. The number of ether oxygens (including phenoxy) is 3. The van der Waals surface area contributed by atoms with E-state index in [-0.39, 0.29) is 35.8 Å². The van der Waals surface area contributed by atoms with Crippen molar-refractivity contribution in [2.45, 2.75) is 51.8 Å². The molecule has 1 unspecified atom stereocenters. The number of halogens is 4. The lowest BCUT2D eigenvalue weighted by molar-refractivity contribution is -0.123. The number of allylic oxidation sites excluding steroid dienone is 1. The van der Waals surface area contributed by atoms with E-state index in [4.69, 9.17) is 9.47 Å². The third kappa shape index (κ3) is 9.78. The molecule has 0 radical (unpaired) electrons. The van der Waals surface area contributed by atoms with Crippen LogP contribution in [-0.2, 0) is 25.6 Å². The van der Waals surface area contributed by atoms with E-state index >= 15 is 8.78 Å². The predicted molar refractivity (Wildman–Crippen MR) is 183 cm³/mol. The van der Waals surface area contributed by atoms with Gasteiger partial charge in [-0.1, -0.05) is 6.08 Å². The Morgan fingerprint density at radius 3 is 2.40 bits per heavy atom. The standard InChI is InChI=1S/C35H36F4N6O8/c1-35(2,3)53-34(50)45-24-17-21(38)28(39)30(52-25-14-13-19(36)16-20(25)37)29(24)42-26(45)18-44-15-9-11-23(32(44)48)40-31(47)22(41-33(49)51-6)10-7-8-12-27(46)43(4)5/h8-9,11-17,22H,7,10,18H2,1-6H3,(H,40,47)(H,41,49)/b12-8+. The molecule has 0 aliphatic carbocycles. The smallest absolute Gasteiger partial charge is 0.420 e. The van der Waals surface area contributed by atoms with Gasteiger partial charge in [0.2, 0.25) is 17.6 Å². The number of methoxy groups -OCH3 is 1. The number of anilines is 1. The maximum Gasteiger partial charge on any atom is 0.420 e. The Bertz CT molecular complexity index is 2140. The van der Waals surface area contributed by atoms with E-state index < -0.39 is 82.1 Å². The molecule has 0 fully saturated rings. The van der Waals surface area contributed by atoms with Crippen molar-refractivity contribution in [3.8, 4) is 11.5 Å². The van der Waals surface area contributed by atoms with Gasteiger partial charge in [0, 0.05) is 32.4 Å². The van der Waals surface area contributed by atoms with Crippen molar-refractivity contribution in [2.24, 2.45) is 0 Å². The molecule has 0 aliphatic rings. The molecule has 282 valence electrons. The normalized spacial score (nSPS) is 12.0. The summed E-state index contributed by atoms with van der Waals surface area (Å²) in [5.41, 5.74) is -3.02. The van der Waals surface area contributed by atoms with Crippen molar-refractivity contribution < 1.29 is 51.0 Å². The van der Waals surface area contributed by atoms with Gasteiger partial charge in [0.05, 0.1) is 19.2 Å². The highest BCUT2D eigenvalue weighted by Gasteiger charge is 2.29. The maximum atomic E-state index is 15.2. The molecular formula is C35H36F4N6O8. The number of nitrogens with one attached hydrogen (secondary N) is 2. The molecule has 0 saturated carbocycles. The lowest BCUT2D eigenvalue weighted by atomic mass is 10.1. The average Bonchev–Trinajstić information content (AvgIpc) is 3.43. The van der Waals surface area contributed by atoms with Crippen LogP contribution in [0.3, 0.4) is 0 Å². The van der Waals surface area contributed by atoms with Gasteiger partial charge < -0.3 is 34.3 Å². The fourth-order valence-electron chi connectivity index (χ4n) is 4.75. The first kappa shape index (κ1) is 39.6. The van der Waals surface area contributed by atoms with Crippen molar-refractivity contribution in [1.29, 1.82) is 0 Å². The molecule has 4 rings (SSSR count). The number of alkyl carbamates (subject to hydrolysis) is 1. The molecule has 4 aromatic rings.